The molecule has 0 aliphatic rings. The Kier molecular flexibility index (Phi) is 3.79. The first-order valence-corrected chi connectivity index (χ1v) is 5.90. The molecule has 1 aromatic carbocycles. The van der Waals surface area contributed by atoms with Gasteiger partial charge in [0.1, 0.15) is 5.75 Å². The van der Waals surface area contributed by atoms with Crippen molar-refractivity contribution in [3.8, 4) is 17.1 Å². The molecule has 0 spiro atoms. The van der Waals surface area contributed by atoms with Crippen LogP contribution in [-0.2, 0) is 6.54 Å². The standard InChI is InChI=1S/C13H14ClN3O/c1-8-5-10(7-15)17-13(16-8)11-4-3-9(14)6-12(11)18-2/h3-6H,7,15H2,1-2H3. The zero-order valence-electron chi connectivity index (χ0n) is 10.3. The molecule has 0 aliphatic heterocycles. The van der Waals surface area contributed by atoms with Crippen molar-refractivity contribution < 1.29 is 4.74 Å². The molecule has 1 aromatic heterocycles. The zero-order chi connectivity index (χ0) is 13.1. The van der Waals surface area contributed by atoms with Crippen LogP contribution in [0.15, 0.2) is 24.3 Å². The maximum Gasteiger partial charge on any atom is 0.163 e. The van der Waals surface area contributed by atoms with Crippen LogP contribution in [-0.4, -0.2) is 17.1 Å². The molecular formula is C13H14ClN3O. The predicted molar refractivity (Wildman–Crippen MR) is 71.7 cm³/mol. The zero-order valence-corrected chi connectivity index (χ0v) is 11.0. The van der Waals surface area contributed by atoms with E-state index in [1.54, 1.807) is 19.2 Å². The van der Waals surface area contributed by atoms with E-state index in [-0.39, 0.29) is 0 Å². The average molecular weight is 264 g/mol. The summed E-state index contributed by atoms with van der Waals surface area (Å²) in [7, 11) is 1.59. The summed E-state index contributed by atoms with van der Waals surface area (Å²) in [4.78, 5) is 8.80. The Morgan fingerprint density at radius 1 is 1.28 bits per heavy atom. The number of benzene rings is 1. The second-order valence-electron chi connectivity index (χ2n) is 3.87. The van der Waals surface area contributed by atoms with Gasteiger partial charge >= 0.3 is 0 Å². The van der Waals surface area contributed by atoms with Gasteiger partial charge in [-0.1, -0.05) is 11.6 Å². The van der Waals surface area contributed by atoms with Crippen LogP contribution in [0.2, 0.25) is 5.02 Å². The minimum atomic E-state index is 0.381. The third-order valence-corrected chi connectivity index (χ3v) is 2.76. The fourth-order valence-corrected chi connectivity index (χ4v) is 1.87. The van der Waals surface area contributed by atoms with Crippen LogP contribution < -0.4 is 10.5 Å². The molecule has 5 heteroatoms. The van der Waals surface area contributed by atoms with Crippen molar-refractivity contribution in [3.63, 3.8) is 0 Å². The van der Waals surface area contributed by atoms with Crippen molar-refractivity contribution in [3.05, 3.63) is 40.7 Å². The molecule has 0 atom stereocenters. The third kappa shape index (κ3) is 2.60. The maximum absolute atomic E-state index is 5.93. The van der Waals surface area contributed by atoms with Crippen LogP contribution in [0, 0.1) is 6.92 Å². The molecular weight excluding hydrogens is 250 g/mol. The Labute approximate surface area is 111 Å². The largest absolute Gasteiger partial charge is 0.496 e. The second-order valence-corrected chi connectivity index (χ2v) is 4.31. The molecule has 0 unspecified atom stereocenters. The van der Waals surface area contributed by atoms with Gasteiger partial charge in [0, 0.05) is 17.3 Å². The van der Waals surface area contributed by atoms with Crippen LogP contribution in [0.25, 0.3) is 11.4 Å². The summed E-state index contributed by atoms with van der Waals surface area (Å²) >= 11 is 5.93. The first-order valence-electron chi connectivity index (χ1n) is 5.52. The topological polar surface area (TPSA) is 61.0 Å². The van der Waals surface area contributed by atoms with Gasteiger partial charge in [0.05, 0.1) is 18.4 Å². The molecule has 4 nitrogen and oxygen atoms in total. The fraction of sp³-hybridized carbons (Fsp3) is 0.231. The molecule has 0 saturated heterocycles. The van der Waals surface area contributed by atoms with E-state index in [2.05, 4.69) is 9.97 Å². The summed E-state index contributed by atoms with van der Waals surface area (Å²) in [5, 5.41) is 0.613. The molecule has 2 rings (SSSR count). The first-order chi connectivity index (χ1) is 8.63. The number of halogens is 1. The van der Waals surface area contributed by atoms with Crippen LogP contribution in [0.4, 0.5) is 0 Å². The minimum Gasteiger partial charge on any atom is -0.496 e. The monoisotopic (exact) mass is 263 g/mol. The highest BCUT2D eigenvalue weighted by Crippen LogP contribution is 2.30. The number of ether oxygens (including phenoxy) is 1. The quantitative estimate of drug-likeness (QED) is 0.925. The van der Waals surface area contributed by atoms with E-state index in [4.69, 9.17) is 22.1 Å². The van der Waals surface area contributed by atoms with Crippen LogP contribution in [0.1, 0.15) is 11.4 Å². The summed E-state index contributed by atoms with van der Waals surface area (Å²) in [5.74, 6) is 1.25. The van der Waals surface area contributed by atoms with E-state index in [1.165, 1.54) is 0 Å². The highest BCUT2D eigenvalue weighted by Gasteiger charge is 2.10. The lowest BCUT2D eigenvalue weighted by atomic mass is 10.1. The normalized spacial score (nSPS) is 10.4. The van der Waals surface area contributed by atoms with Gasteiger partial charge in [-0.15, -0.1) is 0 Å². The molecule has 0 amide bonds. The summed E-state index contributed by atoms with van der Waals surface area (Å²) in [5.41, 5.74) is 8.10. The molecule has 2 N–H and O–H groups in total. The van der Waals surface area contributed by atoms with Crippen LogP contribution in [0.3, 0.4) is 0 Å². The highest BCUT2D eigenvalue weighted by atomic mass is 35.5. The molecule has 2 aromatic rings. The van der Waals surface area contributed by atoms with Gasteiger partial charge in [0.15, 0.2) is 5.82 Å². The highest BCUT2D eigenvalue weighted by molar-refractivity contribution is 6.30. The van der Waals surface area contributed by atoms with E-state index in [1.807, 2.05) is 19.1 Å². The van der Waals surface area contributed by atoms with Gasteiger partial charge in [-0.25, -0.2) is 9.97 Å². The van der Waals surface area contributed by atoms with Gasteiger partial charge in [0.25, 0.3) is 0 Å². The van der Waals surface area contributed by atoms with Crippen molar-refractivity contribution >= 4 is 11.6 Å². The molecule has 0 fully saturated rings. The van der Waals surface area contributed by atoms with Gasteiger partial charge < -0.3 is 10.5 Å². The van der Waals surface area contributed by atoms with Crippen molar-refractivity contribution in [2.45, 2.75) is 13.5 Å². The van der Waals surface area contributed by atoms with E-state index >= 15 is 0 Å². The number of hydrogen-bond donors (Lipinski definition) is 1. The molecule has 94 valence electrons. The van der Waals surface area contributed by atoms with E-state index in [9.17, 15) is 0 Å². The Morgan fingerprint density at radius 2 is 2.06 bits per heavy atom. The molecule has 0 aliphatic carbocycles. The molecule has 18 heavy (non-hydrogen) atoms. The van der Waals surface area contributed by atoms with Crippen LogP contribution in [0.5, 0.6) is 5.75 Å². The molecule has 0 saturated carbocycles. The number of nitrogens with two attached hydrogens (primary N) is 1. The maximum atomic E-state index is 5.93. The number of rotatable bonds is 3. The lowest BCUT2D eigenvalue weighted by Gasteiger charge is -2.09. The lowest BCUT2D eigenvalue weighted by molar-refractivity contribution is 0.416. The Morgan fingerprint density at radius 3 is 2.72 bits per heavy atom. The van der Waals surface area contributed by atoms with Crippen molar-refractivity contribution in [2.75, 3.05) is 7.11 Å². The van der Waals surface area contributed by atoms with E-state index in [0.29, 0.717) is 23.1 Å². The summed E-state index contributed by atoms with van der Waals surface area (Å²) in [6, 6.07) is 7.24. The average Bonchev–Trinajstić information content (AvgIpc) is 2.37. The first kappa shape index (κ1) is 12.8. The Bertz CT molecular complexity index is 572. The number of methoxy groups -OCH3 is 1. The molecule has 1 heterocycles. The van der Waals surface area contributed by atoms with E-state index in [0.717, 1.165) is 17.0 Å². The third-order valence-electron chi connectivity index (χ3n) is 2.52. The second kappa shape index (κ2) is 5.33. The lowest BCUT2D eigenvalue weighted by Crippen LogP contribution is -2.04. The summed E-state index contributed by atoms with van der Waals surface area (Å²) in [6.07, 6.45) is 0. The summed E-state index contributed by atoms with van der Waals surface area (Å²) in [6.45, 7) is 2.29. The fourth-order valence-electron chi connectivity index (χ4n) is 1.71. The number of hydrogen-bond acceptors (Lipinski definition) is 4. The molecule has 0 bridgehead atoms. The number of aromatic nitrogens is 2. The van der Waals surface area contributed by atoms with Crippen molar-refractivity contribution in [1.82, 2.24) is 9.97 Å². The van der Waals surface area contributed by atoms with Crippen LogP contribution >= 0.6 is 11.6 Å². The minimum absolute atomic E-state index is 0.381. The van der Waals surface area contributed by atoms with Gasteiger partial charge in [-0.2, -0.15) is 0 Å². The predicted octanol–water partition coefficient (Wildman–Crippen LogP) is 2.57. The van der Waals surface area contributed by atoms with Gasteiger partial charge in [-0.05, 0) is 31.2 Å². The van der Waals surface area contributed by atoms with Crippen molar-refractivity contribution in [1.29, 1.82) is 0 Å². The smallest absolute Gasteiger partial charge is 0.163 e. The van der Waals surface area contributed by atoms with E-state index < -0.39 is 0 Å². The number of nitrogens with zero attached hydrogens (tertiary/aromatic N) is 2. The summed E-state index contributed by atoms with van der Waals surface area (Å²) < 4.78 is 5.30. The Balaban J connectivity index is 2.57. The van der Waals surface area contributed by atoms with Crippen molar-refractivity contribution in [2.24, 2.45) is 5.73 Å². The Hall–Kier alpha value is -1.65. The SMILES string of the molecule is COc1cc(Cl)ccc1-c1nc(C)cc(CN)n1. The van der Waals surface area contributed by atoms with Gasteiger partial charge in [-0.3, -0.25) is 0 Å². The molecule has 0 radical (unpaired) electrons. The number of aryl methyl sites for hydroxylation is 1. The van der Waals surface area contributed by atoms with Gasteiger partial charge in [0.2, 0.25) is 0 Å².